The predicted octanol–water partition coefficient (Wildman–Crippen LogP) is 6.07. The molecule has 1 saturated heterocycles. The van der Waals surface area contributed by atoms with Crippen molar-refractivity contribution in [1.29, 1.82) is 0 Å². The van der Waals surface area contributed by atoms with Gasteiger partial charge in [0.05, 0.1) is 17.9 Å². The quantitative estimate of drug-likeness (QED) is 0.0950. The van der Waals surface area contributed by atoms with Crippen LogP contribution in [0.2, 0.25) is 0 Å². The van der Waals surface area contributed by atoms with Crippen LogP contribution in [0.25, 0.3) is 22.5 Å². The number of benzene rings is 4. The van der Waals surface area contributed by atoms with Gasteiger partial charge in [-0.2, -0.15) is 0 Å². The van der Waals surface area contributed by atoms with E-state index in [0.717, 1.165) is 27.8 Å². The third-order valence-electron chi connectivity index (χ3n) is 7.30. The molecule has 0 aliphatic carbocycles. The Kier molecular flexibility index (Phi) is 9.44. The maximum atomic E-state index is 13.4. The molecule has 6 rings (SSSR count). The van der Waals surface area contributed by atoms with Crippen LogP contribution in [0.15, 0.2) is 114 Å². The first-order valence-electron chi connectivity index (χ1n) is 14.8. The van der Waals surface area contributed by atoms with Gasteiger partial charge in [0.1, 0.15) is 22.4 Å². The second kappa shape index (κ2) is 14.2. The SMILES string of the molecule is CCOc1ccc(C(=O)COC(=O)c2ccc(N3C(=O)CC(Sc4nnc(-c5ccccc5)c(-c5ccccc5)n4)C3=O)cc2)cc1. The van der Waals surface area contributed by atoms with Crippen LogP contribution in [0.5, 0.6) is 5.75 Å². The molecular weight excluding hydrogens is 616 g/mol. The molecule has 1 unspecified atom stereocenters. The summed E-state index contributed by atoms with van der Waals surface area (Å²) < 4.78 is 10.6. The molecule has 4 aromatic carbocycles. The summed E-state index contributed by atoms with van der Waals surface area (Å²) in [4.78, 5) is 57.4. The van der Waals surface area contributed by atoms with Gasteiger partial charge in [0, 0.05) is 23.1 Å². The van der Waals surface area contributed by atoms with Crippen molar-refractivity contribution in [2.45, 2.75) is 23.8 Å². The van der Waals surface area contributed by atoms with E-state index in [9.17, 15) is 19.2 Å². The fourth-order valence-electron chi connectivity index (χ4n) is 4.99. The van der Waals surface area contributed by atoms with E-state index in [1.54, 1.807) is 24.3 Å². The van der Waals surface area contributed by atoms with Crippen LogP contribution in [0.4, 0.5) is 5.69 Å². The lowest BCUT2D eigenvalue weighted by atomic mass is 10.0. The molecule has 0 radical (unpaired) electrons. The number of ether oxygens (including phenoxy) is 2. The van der Waals surface area contributed by atoms with Gasteiger partial charge in [0.2, 0.25) is 17.0 Å². The number of carbonyl (C=O) groups excluding carboxylic acids is 4. The number of hydrogen-bond acceptors (Lipinski definition) is 10. The summed E-state index contributed by atoms with van der Waals surface area (Å²) in [5, 5.41) is 8.26. The van der Waals surface area contributed by atoms with Gasteiger partial charge in [-0.05, 0) is 55.5 Å². The average Bonchev–Trinajstić information content (AvgIpc) is 3.39. The van der Waals surface area contributed by atoms with E-state index in [2.05, 4.69) is 10.2 Å². The number of Topliss-reactive ketones (excluding diaryl/α,β-unsaturated/α-hetero) is 1. The number of ketones is 1. The molecule has 1 aliphatic rings. The highest BCUT2D eigenvalue weighted by atomic mass is 32.2. The fourth-order valence-corrected chi connectivity index (χ4v) is 5.91. The molecule has 5 aromatic rings. The molecular formula is C36H28N4O6S. The van der Waals surface area contributed by atoms with Gasteiger partial charge in [0.25, 0.3) is 0 Å². The number of carbonyl (C=O) groups is 4. The summed E-state index contributed by atoms with van der Waals surface area (Å²) in [7, 11) is 0. The zero-order valence-electron chi connectivity index (χ0n) is 25.2. The van der Waals surface area contributed by atoms with Crippen LogP contribution in [0.3, 0.4) is 0 Å². The van der Waals surface area contributed by atoms with E-state index < -0.39 is 23.7 Å². The first-order valence-corrected chi connectivity index (χ1v) is 15.7. The summed E-state index contributed by atoms with van der Waals surface area (Å²) in [6.45, 7) is 1.94. The number of thioether (sulfide) groups is 1. The van der Waals surface area contributed by atoms with Crippen molar-refractivity contribution in [2.24, 2.45) is 0 Å². The van der Waals surface area contributed by atoms with Gasteiger partial charge in [-0.25, -0.2) is 14.7 Å². The molecule has 1 fully saturated rings. The number of aromatic nitrogens is 3. The molecule has 234 valence electrons. The molecule has 0 spiro atoms. The molecule has 1 aromatic heterocycles. The van der Waals surface area contributed by atoms with Crippen molar-refractivity contribution >= 4 is 41.0 Å². The van der Waals surface area contributed by atoms with Crippen molar-refractivity contribution in [3.05, 3.63) is 120 Å². The molecule has 1 atom stereocenters. The molecule has 0 N–H and O–H groups in total. The van der Waals surface area contributed by atoms with Crippen molar-refractivity contribution in [1.82, 2.24) is 15.2 Å². The van der Waals surface area contributed by atoms with E-state index >= 15 is 0 Å². The number of hydrogen-bond donors (Lipinski definition) is 0. The van der Waals surface area contributed by atoms with E-state index in [1.165, 1.54) is 24.3 Å². The number of esters is 1. The van der Waals surface area contributed by atoms with Crippen molar-refractivity contribution in [3.8, 4) is 28.3 Å². The van der Waals surface area contributed by atoms with Crippen LogP contribution in [0.1, 0.15) is 34.1 Å². The molecule has 47 heavy (non-hydrogen) atoms. The Morgan fingerprint density at radius 3 is 2.04 bits per heavy atom. The summed E-state index contributed by atoms with van der Waals surface area (Å²) in [6.07, 6.45) is -0.0502. The Hall–Kier alpha value is -5.68. The number of rotatable bonds is 11. The minimum absolute atomic E-state index is 0.0502. The van der Waals surface area contributed by atoms with Crippen LogP contribution in [-0.2, 0) is 14.3 Å². The minimum atomic E-state index is -0.756. The molecule has 2 amide bonds. The van der Waals surface area contributed by atoms with Crippen LogP contribution in [-0.4, -0.2) is 57.2 Å². The second-order valence-corrected chi connectivity index (χ2v) is 11.6. The van der Waals surface area contributed by atoms with Crippen LogP contribution < -0.4 is 9.64 Å². The van der Waals surface area contributed by atoms with Gasteiger partial charge in [-0.15, -0.1) is 10.2 Å². The summed E-state index contributed by atoms with van der Waals surface area (Å²) in [6, 6.07) is 31.6. The molecule has 2 heterocycles. The Bertz CT molecular complexity index is 1920. The Morgan fingerprint density at radius 1 is 0.787 bits per heavy atom. The highest BCUT2D eigenvalue weighted by molar-refractivity contribution is 8.00. The zero-order valence-corrected chi connectivity index (χ0v) is 26.1. The molecule has 0 bridgehead atoms. The summed E-state index contributed by atoms with van der Waals surface area (Å²) in [5.74, 6) is -1.24. The lowest BCUT2D eigenvalue weighted by molar-refractivity contribution is -0.121. The third-order valence-corrected chi connectivity index (χ3v) is 8.33. The Balaban J connectivity index is 1.12. The van der Waals surface area contributed by atoms with Gasteiger partial charge in [-0.1, -0.05) is 72.4 Å². The van der Waals surface area contributed by atoms with E-state index in [-0.39, 0.29) is 28.8 Å². The average molecular weight is 645 g/mol. The normalized spacial score (nSPS) is 14.2. The van der Waals surface area contributed by atoms with Gasteiger partial charge >= 0.3 is 5.97 Å². The smallest absolute Gasteiger partial charge is 0.338 e. The molecule has 0 saturated carbocycles. The summed E-state index contributed by atoms with van der Waals surface area (Å²) >= 11 is 1.08. The van der Waals surface area contributed by atoms with Crippen LogP contribution >= 0.6 is 11.8 Å². The number of imide groups is 1. The van der Waals surface area contributed by atoms with Gasteiger partial charge < -0.3 is 9.47 Å². The van der Waals surface area contributed by atoms with Crippen molar-refractivity contribution in [3.63, 3.8) is 0 Å². The highest BCUT2D eigenvalue weighted by Gasteiger charge is 2.41. The monoisotopic (exact) mass is 644 g/mol. The lowest BCUT2D eigenvalue weighted by Gasteiger charge is -2.15. The van der Waals surface area contributed by atoms with Crippen molar-refractivity contribution in [2.75, 3.05) is 18.1 Å². The largest absolute Gasteiger partial charge is 0.494 e. The van der Waals surface area contributed by atoms with Gasteiger partial charge in [-0.3, -0.25) is 14.4 Å². The topological polar surface area (TPSA) is 129 Å². The molecule has 11 heteroatoms. The fraction of sp³-hybridized carbons (Fsp3) is 0.139. The number of anilines is 1. The first-order chi connectivity index (χ1) is 22.9. The Labute approximate surface area is 274 Å². The molecule has 1 aliphatic heterocycles. The first kappa shape index (κ1) is 31.3. The molecule has 10 nitrogen and oxygen atoms in total. The third kappa shape index (κ3) is 7.10. The van der Waals surface area contributed by atoms with Crippen LogP contribution in [0, 0.1) is 0 Å². The minimum Gasteiger partial charge on any atom is -0.494 e. The summed E-state index contributed by atoms with van der Waals surface area (Å²) in [5.41, 5.74) is 3.80. The number of amides is 2. The predicted molar refractivity (Wildman–Crippen MR) is 176 cm³/mol. The van der Waals surface area contributed by atoms with E-state index in [4.69, 9.17) is 14.5 Å². The maximum absolute atomic E-state index is 13.4. The van der Waals surface area contributed by atoms with Gasteiger partial charge in [0.15, 0.2) is 12.4 Å². The number of nitrogens with zero attached hydrogens (tertiary/aromatic N) is 4. The lowest BCUT2D eigenvalue weighted by Crippen LogP contribution is -2.31. The van der Waals surface area contributed by atoms with Crippen molar-refractivity contribution < 1.29 is 28.7 Å². The Morgan fingerprint density at radius 2 is 1.40 bits per heavy atom. The zero-order chi connectivity index (χ0) is 32.8. The standard InChI is InChI=1S/C36H28N4O6S/c1-2-45-28-19-15-23(16-20-28)29(41)22-46-35(44)26-13-17-27(18-14-26)40-31(42)21-30(34(40)43)47-36-37-32(24-9-5-3-6-10-24)33(38-39-36)25-11-7-4-8-12-25/h3-20,30H,2,21-22H2,1H3. The maximum Gasteiger partial charge on any atom is 0.338 e. The highest BCUT2D eigenvalue weighted by Crippen LogP contribution is 2.35. The van der Waals surface area contributed by atoms with E-state index in [0.29, 0.717) is 35.0 Å². The second-order valence-electron chi connectivity index (χ2n) is 10.4. The van der Waals surface area contributed by atoms with E-state index in [1.807, 2.05) is 67.6 Å².